The fraction of sp³-hybridized carbons (Fsp3) is 0.250. The molecular formula is C32H28FN3O4S. The van der Waals surface area contributed by atoms with Crippen molar-refractivity contribution in [2.75, 3.05) is 13.2 Å². The van der Waals surface area contributed by atoms with Crippen molar-refractivity contribution in [1.82, 2.24) is 15.2 Å². The Morgan fingerprint density at radius 2 is 1.85 bits per heavy atom. The molecular weight excluding hydrogens is 541 g/mol. The van der Waals surface area contributed by atoms with Crippen LogP contribution in [-0.2, 0) is 17.7 Å². The lowest BCUT2D eigenvalue weighted by atomic mass is 9.93. The number of esters is 1. The van der Waals surface area contributed by atoms with Crippen molar-refractivity contribution in [2.45, 2.75) is 38.8 Å². The summed E-state index contributed by atoms with van der Waals surface area (Å²) in [4.78, 5) is 48.3. The van der Waals surface area contributed by atoms with Crippen molar-refractivity contribution in [2.24, 2.45) is 0 Å². The normalized spacial score (nSPS) is 15.5. The topological polar surface area (TPSA) is 88.6 Å². The predicted molar refractivity (Wildman–Crippen MR) is 153 cm³/mol. The number of halogens is 1. The maximum atomic E-state index is 13.7. The van der Waals surface area contributed by atoms with Crippen LogP contribution in [0, 0.1) is 5.82 Å². The number of fused-ring (bicyclic) bond motifs is 3. The number of aromatic nitrogens is 1. The number of carbonyl (C=O) groups is 3. The SMILES string of the molecule is CCOC(=O)c1c(Cc2ccc(F)cc2)nc2c(c1-c1ccc(CNC(=O)c3ccccc3)s1)C(=O)N1CCC[C@@H]21. The largest absolute Gasteiger partial charge is 0.462 e. The van der Waals surface area contributed by atoms with Gasteiger partial charge in [0.1, 0.15) is 5.82 Å². The van der Waals surface area contributed by atoms with Crippen LogP contribution >= 0.6 is 11.3 Å². The van der Waals surface area contributed by atoms with Crippen molar-refractivity contribution in [1.29, 1.82) is 0 Å². The summed E-state index contributed by atoms with van der Waals surface area (Å²) in [7, 11) is 0. The van der Waals surface area contributed by atoms with Crippen molar-refractivity contribution >= 4 is 29.1 Å². The van der Waals surface area contributed by atoms with Crippen molar-refractivity contribution in [3.63, 3.8) is 0 Å². The highest BCUT2D eigenvalue weighted by Crippen LogP contribution is 2.47. The molecule has 2 aromatic carbocycles. The molecule has 1 saturated heterocycles. The minimum absolute atomic E-state index is 0.129. The summed E-state index contributed by atoms with van der Waals surface area (Å²) in [6.45, 7) is 2.83. The fourth-order valence-electron chi connectivity index (χ4n) is 5.61. The molecule has 2 aliphatic rings. The summed E-state index contributed by atoms with van der Waals surface area (Å²) in [5, 5.41) is 2.94. The average molecular weight is 570 g/mol. The Morgan fingerprint density at radius 3 is 2.61 bits per heavy atom. The van der Waals surface area contributed by atoms with E-state index in [4.69, 9.17) is 9.72 Å². The first-order chi connectivity index (χ1) is 19.9. The lowest BCUT2D eigenvalue weighted by Gasteiger charge is -2.17. The number of benzene rings is 2. The zero-order valence-corrected chi connectivity index (χ0v) is 23.3. The van der Waals surface area contributed by atoms with E-state index in [1.54, 1.807) is 31.2 Å². The number of pyridine rings is 1. The number of rotatable bonds is 8. The van der Waals surface area contributed by atoms with Gasteiger partial charge in [0.25, 0.3) is 11.8 Å². The summed E-state index contributed by atoms with van der Waals surface area (Å²) < 4.78 is 19.1. The highest BCUT2D eigenvalue weighted by molar-refractivity contribution is 7.15. The Bertz CT molecular complexity index is 1630. The van der Waals surface area contributed by atoms with E-state index in [0.29, 0.717) is 41.2 Å². The molecule has 41 heavy (non-hydrogen) atoms. The minimum atomic E-state index is -0.554. The third kappa shape index (κ3) is 5.13. The van der Waals surface area contributed by atoms with Gasteiger partial charge in [0, 0.05) is 33.8 Å². The lowest BCUT2D eigenvalue weighted by Crippen LogP contribution is -2.23. The molecule has 1 N–H and O–H groups in total. The number of amides is 2. The van der Waals surface area contributed by atoms with Gasteiger partial charge in [-0.1, -0.05) is 30.3 Å². The van der Waals surface area contributed by atoms with Crippen molar-refractivity contribution in [3.8, 4) is 10.4 Å². The summed E-state index contributed by atoms with van der Waals surface area (Å²) >= 11 is 1.42. The molecule has 1 atom stereocenters. The third-order valence-corrected chi connectivity index (χ3v) is 8.58. The Balaban J connectivity index is 1.44. The maximum Gasteiger partial charge on any atom is 0.340 e. The fourth-order valence-corrected chi connectivity index (χ4v) is 6.61. The van der Waals surface area contributed by atoms with Crippen LogP contribution in [0.25, 0.3) is 10.4 Å². The quantitative estimate of drug-likeness (QED) is 0.266. The molecule has 0 saturated carbocycles. The molecule has 4 heterocycles. The van der Waals surface area contributed by atoms with Gasteiger partial charge in [-0.2, -0.15) is 0 Å². The van der Waals surface area contributed by atoms with E-state index in [9.17, 15) is 18.8 Å². The molecule has 0 unspecified atom stereocenters. The van der Waals surface area contributed by atoms with Crippen LogP contribution in [-0.4, -0.2) is 40.8 Å². The van der Waals surface area contributed by atoms with Gasteiger partial charge in [0.2, 0.25) is 0 Å². The van der Waals surface area contributed by atoms with Crippen LogP contribution in [0.5, 0.6) is 0 Å². The van der Waals surface area contributed by atoms with Gasteiger partial charge in [-0.3, -0.25) is 14.6 Å². The van der Waals surface area contributed by atoms with Gasteiger partial charge >= 0.3 is 5.97 Å². The molecule has 0 aliphatic carbocycles. The maximum absolute atomic E-state index is 13.7. The van der Waals surface area contributed by atoms with Crippen LogP contribution in [0.15, 0.2) is 66.7 Å². The molecule has 4 aromatic rings. The van der Waals surface area contributed by atoms with Crippen molar-refractivity contribution < 1.29 is 23.5 Å². The van der Waals surface area contributed by atoms with E-state index in [2.05, 4.69) is 5.32 Å². The second-order valence-corrected chi connectivity index (χ2v) is 11.2. The zero-order valence-electron chi connectivity index (χ0n) is 22.5. The number of nitrogens with one attached hydrogen (secondary N) is 1. The number of hydrogen-bond donors (Lipinski definition) is 1. The van der Waals surface area contributed by atoms with Crippen LogP contribution in [0.3, 0.4) is 0 Å². The molecule has 0 radical (unpaired) electrons. The van der Waals surface area contributed by atoms with Gasteiger partial charge in [-0.15, -0.1) is 11.3 Å². The molecule has 0 spiro atoms. The van der Waals surface area contributed by atoms with E-state index in [1.807, 2.05) is 35.2 Å². The van der Waals surface area contributed by atoms with Gasteiger partial charge < -0.3 is 15.0 Å². The van der Waals surface area contributed by atoms with E-state index in [0.717, 1.165) is 28.2 Å². The average Bonchev–Trinajstić information content (AvgIpc) is 3.71. The first-order valence-electron chi connectivity index (χ1n) is 13.7. The van der Waals surface area contributed by atoms with Crippen LogP contribution in [0.1, 0.15) is 78.7 Å². The first-order valence-corrected chi connectivity index (χ1v) is 14.5. The monoisotopic (exact) mass is 569 g/mol. The van der Waals surface area contributed by atoms with Crippen LogP contribution in [0.2, 0.25) is 0 Å². The highest BCUT2D eigenvalue weighted by atomic mass is 32.1. The molecule has 0 bridgehead atoms. The summed E-state index contributed by atoms with van der Waals surface area (Å²) in [6, 6.07) is 18.7. The van der Waals surface area contributed by atoms with Gasteiger partial charge in [0.15, 0.2) is 0 Å². The Kier molecular flexibility index (Phi) is 7.36. The Morgan fingerprint density at radius 1 is 1.07 bits per heavy atom. The number of nitrogens with zero attached hydrogens (tertiary/aromatic N) is 2. The van der Waals surface area contributed by atoms with Gasteiger partial charge in [-0.25, -0.2) is 9.18 Å². The first kappa shape index (κ1) is 26.8. The summed E-state index contributed by atoms with van der Waals surface area (Å²) in [5.74, 6) is -1.21. The second kappa shape index (κ2) is 11.2. The summed E-state index contributed by atoms with van der Waals surface area (Å²) in [5.41, 5.74) is 3.76. The molecule has 208 valence electrons. The predicted octanol–water partition coefficient (Wildman–Crippen LogP) is 5.94. The Labute approximate surface area is 241 Å². The minimum Gasteiger partial charge on any atom is -0.462 e. The summed E-state index contributed by atoms with van der Waals surface area (Å²) in [6.07, 6.45) is 1.98. The number of hydrogen-bond acceptors (Lipinski definition) is 6. The highest BCUT2D eigenvalue weighted by Gasteiger charge is 2.45. The lowest BCUT2D eigenvalue weighted by molar-refractivity contribution is 0.0525. The molecule has 2 aliphatic heterocycles. The van der Waals surface area contributed by atoms with E-state index < -0.39 is 5.97 Å². The van der Waals surface area contributed by atoms with Crippen LogP contribution in [0.4, 0.5) is 4.39 Å². The molecule has 7 nitrogen and oxygen atoms in total. The molecule has 9 heteroatoms. The standard InChI is InChI=1S/C32H28FN3O4S/c1-2-40-32(39)26-23(17-19-10-12-21(33)13-11-19)35-29-24-9-6-16-36(24)31(38)28(29)27(26)25-15-14-22(41-25)18-34-30(37)20-7-4-3-5-8-20/h3-5,7-8,10-15,24H,2,6,9,16-18H2,1H3,(H,34,37)/t24-/m0/s1. The number of carbonyl (C=O) groups excluding carboxylic acids is 3. The van der Waals surface area contributed by atoms with Gasteiger partial charge in [-0.05, 0) is 61.7 Å². The molecule has 6 rings (SSSR count). The Hall–Kier alpha value is -4.37. The van der Waals surface area contributed by atoms with E-state index >= 15 is 0 Å². The smallest absolute Gasteiger partial charge is 0.340 e. The second-order valence-electron chi connectivity index (χ2n) is 10.1. The molecule has 1 fully saturated rings. The van der Waals surface area contributed by atoms with Crippen LogP contribution < -0.4 is 5.32 Å². The molecule has 2 amide bonds. The van der Waals surface area contributed by atoms with Crippen molar-refractivity contribution in [3.05, 3.63) is 111 Å². The molecule has 2 aromatic heterocycles. The van der Waals surface area contributed by atoms with E-state index in [-0.39, 0.29) is 42.3 Å². The van der Waals surface area contributed by atoms with Gasteiger partial charge in [0.05, 0.1) is 41.7 Å². The number of thiophene rings is 1. The van der Waals surface area contributed by atoms with E-state index in [1.165, 1.54) is 23.5 Å². The zero-order chi connectivity index (χ0) is 28.5. The third-order valence-electron chi connectivity index (χ3n) is 7.47. The number of ether oxygens (including phenoxy) is 1.